The minimum Gasteiger partial charge on any atom is -0.481 e. The molecule has 1 aliphatic carbocycles. The Balaban J connectivity index is 1.29. The van der Waals surface area contributed by atoms with Gasteiger partial charge in [0, 0.05) is 57.3 Å². The summed E-state index contributed by atoms with van der Waals surface area (Å²) in [6.07, 6.45) is 6.45. The molecule has 3 fully saturated rings. The minimum atomic E-state index is -0.706. The lowest BCUT2D eigenvalue weighted by molar-refractivity contribution is -0.141. The Labute approximate surface area is 186 Å². The third-order valence-corrected chi connectivity index (χ3v) is 7.65. The summed E-state index contributed by atoms with van der Waals surface area (Å²) in [7, 11) is 0. The van der Waals surface area contributed by atoms with Crippen molar-refractivity contribution in [2.45, 2.75) is 44.9 Å². The highest BCUT2D eigenvalue weighted by molar-refractivity contribution is 5.79. The average Bonchev–Trinajstić information content (AvgIpc) is 3.33. The number of likely N-dealkylation sites (tertiary alicyclic amines) is 1. The second-order valence-electron chi connectivity index (χ2n) is 9.63. The molecule has 0 bridgehead atoms. The Kier molecular flexibility index (Phi) is 7.49. The Morgan fingerprint density at radius 3 is 2.29 bits per heavy atom. The summed E-state index contributed by atoms with van der Waals surface area (Å²) < 4.78 is 0. The smallest absolute Gasteiger partial charge is 0.303 e. The lowest BCUT2D eigenvalue weighted by Crippen LogP contribution is -2.49. The van der Waals surface area contributed by atoms with Crippen LogP contribution in [0.4, 0.5) is 5.69 Å². The highest BCUT2D eigenvalue weighted by Crippen LogP contribution is 2.33. The topological polar surface area (TPSA) is 64.1 Å². The molecule has 1 N–H and O–H groups in total. The van der Waals surface area contributed by atoms with Gasteiger partial charge in [-0.05, 0) is 56.2 Å². The highest BCUT2D eigenvalue weighted by atomic mass is 16.4. The fourth-order valence-corrected chi connectivity index (χ4v) is 5.75. The molecule has 2 aliphatic heterocycles. The Bertz CT molecular complexity index is 727. The summed E-state index contributed by atoms with van der Waals surface area (Å²) in [6.45, 7) is 6.61. The number of piperazine rings is 1. The molecule has 0 radical (unpaired) electrons. The zero-order chi connectivity index (χ0) is 21.6. The standard InChI is InChI=1S/C25H37N3O3/c29-24(30)18-21-11-13-28(25(31)20-6-4-5-7-20)19-22(21)10-12-26-14-16-27(17-15-26)23-8-2-1-3-9-23/h1-3,8-9,20-22H,4-7,10-19H2,(H,29,30). The van der Waals surface area contributed by atoms with Gasteiger partial charge >= 0.3 is 5.97 Å². The summed E-state index contributed by atoms with van der Waals surface area (Å²) in [4.78, 5) is 31.4. The summed E-state index contributed by atoms with van der Waals surface area (Å²) in [6, 6.07) is 10.6. The van der Waals surface area contributed by atoms with Crippen LogP contribution in [0.3, 0.4) is 0 Å². The first-order valence-corrected chi connectivity index (χ1v) is 12.1. The zero-order valence-electron chi connectivity index (χ0n) is 18.6. The van der Waals surface area contributed by atoms with Crippen LogP contribution in [0.25, 0.3) is 0 Å². The van der Waals surface area contributed by atoms with E-state index in [2.05, 4.69) is 45.0 Å². The first kappa shape index (κ1) is 22.1. The fourth-order valence-electron chi connectivity index (χ4n) is 5.75. The summed E-state index contributed by atoms with van der Waals surface area (Å²) in [5.74, 6) is 0.315. The molecule has 0 aromatic heterocycles. The number of carbonyl (C=O) groups is 2. The van der Waals surface area contributed by atoms with Crippen molar-refractivity contribution in [1.82, 2.24) is 9.80 Å². The molecule has 3 aliphatic rings. The van der Waals surface area contributed by atoms with Crippen molar-refractivity contribution >= 4 is 17.6 Å². The van der Waals surface area contributed by atoms with Crippen molar-refractivity contribution in [3.05, 3.63) is 30.3 Å². The van der Waals surface area contributed by atoms with Gasteiger partial charge in [0.25, 0.3) is 0 Å². The second kappa shape index (κ2) is 10.5. The highest BCUT2D eigenvalue weighted by Gasteiger charge is 2.35. The third kappa shape index (κ3) is 5.79. The number of hydrogen-bond donors (Lipinski definition) is 1. The van der Waals surface area contributed by atoms with Gasteiger partial charge in [-0.1, -0.05) is 31.0 Å². The van der Waals surface area contributed by atoms with Crippen molar-refractivity contribution in [2.24, 2.45) is 17.8 Å². The van der Waals surface area contributed by atoms with E-state index in [9.17, 15) is 14.7 Å². The molecule has 2 unspecified atom stereocenters. The summed E-state index contributed by atoms with van der Waals surface area (Å²) >= 11 is 0. The van der Waals surface area contributed by atoms with Crippen molar-refractivity contribution < 1.29 is 14.7 Å². The lowest BCUT2D eigenvalue weighted by Gasteiger charge is -2.41. The first-order chi connectivity index (χ1) is 15.1. The van der Waals surface area contributed by atoms with Crippen LogP contribution in [-0.2, 0) is 9.59 Å². The Hall–Kier alpha value is -2.08. The van der Waals surface area contributed by atoms with Crippen LogP contribution in [0.2, 0.25) is 0 Å². The normalized spacial score (nSPS) is 25.7. The molecule has 2 atom stereocenters. The molecule has 4 rings (SSSR count). The number of hydrogen-bond acceptors (Lipinski definition) is 4. The molecule has 31 heavy (non-hydrogen) atoms. The van der Waals surface area contributed by atoms with Gasteiger partial charge in [0.05, 0.1) is 0 Å². The number of nitrogens with zero attached hydrogens (tertiary/aromatic N) is 3. The molecule has 170 valence electrons. The quantitative estimate of drug-likeness (QED) is 0.723. The third-order valence-electron chi connectivity index (χ3n) is 7.65. The van der Waals surface area contributed by atoms with E-state index < -0.39 is 5.97 Å². The van der Waals surface area contributed by atoms with Crippen LogP contribution in [0.1, 0.15) is 44.9 Å². The molecule has 6 heteroatoms. The van der Waals surface area contributed by atoms with Gasteiger partial charge in [-0.3, -0.25) is 14.5 Å². The van der Waals surface area contributed by atoms with Gasteiger partial charge in [0.2, 0.25) is 5.91 Å². The van der Waals surface area contributed by atoms with Crippen molar-refractivity contribution in [3.8, 4) is 0 Å². The van der Waals surface area contributed by atoms with Crippen LogP contribution >= 0.6 is 0 Å². The van der Waals surface area contributed by atoms with E-state index in [4.69, 9.17) is 0 Å². The van der Waals surface area contributed by atoms with Gasteiger partial charge in [0.1, 0.15) is 0 Å². The molecule has 2 heterocycles. The molecule has 1 saturated carbocycles. The van der Waals surface area contributed by atoms with Crippen molar-refractivity contribution in [3.63, 3.8) is 0 Å². The molecular weight excluding hydrogens is 390 g/mol. The van der Waals surface area contributed by atoms with Gasteiger partial charge in [-0.2, -0.15) is 0 Å². The maximum Gasteiger partial charge on any atom is 0.303 e. The maximum absolute atomic E-state index is 12.9. The van der Waals surface area contributed by atoms with E-state index in [1.807, 2.05) is 0 Å². The molecule has 1 aromatic carbocycles. The Morgan fingerprint density at radius 2 is 1.61 bits per heavy atom. The number of rotatable bonds is 7. The monoisotopic (exact) mass is 427 g/mol. The largest absolute Gasteiger partial charge is 0.481 e. The number of para-hydroxylation sites is 1. The van der Waals surface area contributed by atoms with Crippen LogP contribution in [0, 0.1) is 17.8 Å². The molecule has 0 spiro atoms. The molecule has 1 aromatic rings. The van der Waals surface area contributed by atoms with Gasteiger partial charge in [0.15, 0.2) is 0 Å². The van der Waals surface area contributed by atoms with E-state index in [0.717, 1.165) is 71.5 Å². The maximum atomic E-state index is 12.9. The number of piperidine rings is 1. The predicted molar refractivity (Wildman–Crippen MR) is 122 cm³/mol. The molecular formula is C25H37N3O3. The van der Waals surface area contributed by atoms with Gasteiger partial charge in [-0.15, -0.1) is 0 Å². The molecule has 6 nitrogen and oxygen atoms in total. The van der Waals surface area contributed by atoms with Crippen molar-refractivity contribution in [1.29, 1.82) is 0 Å². The van der Waals surface area contributed by atoms with E-state index in [-0.39, 0.29) is 18.3 Å². The number of anilines is 1. The number of amides is 1. The zero-order valence-corrected chi connectivity index (χ0v) is 18.6. The number of benzene rings is 1. The van der Waals surface area contributed by atoms with Crippen LogP contribution < -0.4 is 4.90 Å². The second-order valence-corrected chi connectivity index (χ2v) is 9.63. The average molecular weight is 428 g/mol. The summed E-state index contributed by atoms with van der Waals surface area (Å²) in [5, 5.41) is 9.39. The van der Waals surface area contributed by atoms with E-state index >= 15 is 0 Å². The summed E-state index contributed by atoms with van der Waals surface area (Å²) in [5.41, 5.74) is 1.29. The fraction of sp³-hybridized carbons (Fsp3) is 0.680. The van der Waals surface area contributed by atoms with Crippen LogP contribution in [0.5, 0.6) is 0 Å². The van der Waals surface area contributed by atoms with Gasteiger partial charge in [-0.25, -0.2) is 0 Å². The van der Waals surface area contributed by atoms with Gasteiger partial charge < -0.3 is 14.9 Å². The molecule has 1 amide bonds. The Morgan fingerprint density at radius 1 is 0.903 bits per heavy atom. The van der Waals surface area contributed by atoms with Crippen LogP contribution in [-0.4, -0.2) is 72.6 Å². The lowest BCUT2D eigenvalue weighted by atomic mass is 9.80. The SMILES string of the molecule is O=C(O)CC1CCN(C(=O)C2CCCC2)CC1CCN1CCN(c2ccccc2)CC1. The van der Waals surface area contributed by atoms with E-state index in [1.165, 1.54) is 18.5 Å². The number of carbonyl (C=O) groups excluding carboxylic acids is 1. The number of carboxylic acid groups (broad SMARTS) is 1. The van der Waals surface area contributed by atoms with Crippen LogP contribution in [0.15, 0.2) is 30.3 Å². The predicted octanol–water partition coefficient (Wildman–Crippen LogP) is 3.33. The number of carboxylic acids is 1. The molecule has 2 saturated heterocycles. The number of aliphatic carboxylic acids is 1. The first-order valence-electron chi connectivity index (χ1n) is 12.1. The van der Waals surface area contributed by atoms with Crippen molar-refractivity contribution in [2.75, 3.05) is 50.7 Å². The van der Waals surface area contributed by atoms with E-state index in [0.29, 0.717) is 11.8 Å². The van der Waals surface area contributed by atoms with E-state index in [1.54, 1.807) is 0 Å². The minimum absolute atomic E-state index is 0.190.